The van der Waals surface area contributed by atoms with Crippen LogP contribution in [0.4, 0.5) is 0 Å². The average Bonchev–Trinajstić information content (AvgIpc) is 2.72. The molecule has 0 radical (unpaired) electrons. The zero-order chi connectivity index (χ0) is 13.2. The van der Waals surface area contributed by atoms with Gasteiger partial charge in [0.2, 0.25) is 0 Å². The third-order valence-electron chi connectivity index (χ3n) is 3.82. The highest BCUT2D eigenvalue weighted by Crippen LogP contribution is 2.31. The molecule has 0 saturated carbocycles. The van der Waals surface area contributed by atoms with Gasteiger partial charge in [0, 0.05) is 17.5 Å². The van der Waals surface area contributed by atoms with Crippen molar-refractivity contribution in [1.82, 2.24) is 4.90 Å². The summed E-state index contributed by atoms with van der Waals surface area (Å²) in [5.74, 6) is 0. The van der Waals surface area contributed by atoms with Gasteiger partial charge < -0.3 is 10.8 Å². The van der Waals surface area contributed by atoms with E-state index < -0.39 is 5.60 Å². The molecule has 3 N–H and O–H groups in total. The first-order valence-electron chi connectivity index (χ1n) is 6.75. The molecule has 1 saturated heterocycles. The first-order chi connectivity index (χ1) is 8.49. The van der Waals surface area contributed by atoms with Gasteiger partial charge in [0.05, 0.1) is 11.6 Å². The number of hydrogen-bond acceptors (Lipinski definition) is 4. The Morgan fingerprint density at radius 2 is 2.22 bits per heavy atom. The van der Waals surface area contributed by atoms with Crippen molar-refractivity contribution in [1.29, 1.82) is 0 Å². The lowest BCUT2D eigenvalue weighted by atomic mass is 9.98. The predicted molar refractivity (Wildman–Crippen MR) is 76.8 cm³/mol. The topological polar surface area (TPSA) is 49.5 Å². The van der Waals surface area contributed by atoms with Gasteiger partial charge in [0.1, 0.15) is 0 Å². The highest BCUT2D eigenvalue weighted by atomic mass is 32.1. The fourth-order valence-electron chi connectivity index (χ4n) is 2.79. The molecule has 0 aromatic carbocycles. The number of likely N-dealkylation sites (tertiary alicyclic amines) is 1. The minimum Gasteiger partial charge on any atom is -0.390 e. The number of thiophene rings is 1. The largest absolute Gasteiger partial charge is 0.390 e. The van der Waals surface area contributed by atoms with E-state index in [1.807, 2.05) is 6.92 Å². The van der Waals surface area contributed by atoms with Crippen LogP contribution in [-0.4, -0.2) is 34.7 Å². The molecule has 3 unspecified atom stereocenters. The van der Waals surface area contributed by atoms with Crippen molar-refractivity contribution in [3.8, 4) is 0 Å². The van der Waals surface area contributed by atoms with Gasteiger partial charge in [-0.1, -0.05) is 6.07 Å². The summed E-state index contributed by atoms with van der Waals surface area (Å²) in [6.45, 7) is 5.98. The molecule has 18 heavy (non-hydrogen) atoms. The van der Waals surface area contributed by atoms with Gasteiger partial charge in [0.25, 0.3) is 0 Å². The molecule has 0 bridgehead atoms. The first-order valence-corrected chi connectivity index (χ1v) is 7.63. The number of aliphatic hydroxyl groups is 1. The lowest BCUT2D eigenvalue weighted by Gasteiger charge is -2.33. The average molecular weight is 268 g/mol. The van der Waals surface area contributed by atoms with Crippen LogP contribution in [0.15, 0.2) is 17.5 Å². The first kappa shape index (κ1) is 14.0. The Morgan fingerprint density at radius 1 is 1.44 bits per heavy atom. The van der Waals surface area contributed by atoms with Gasteiger partial charge in [-0.2, -0.15) is 0 Å². The van der Waals surface area contributed by atoms with E-state index in [9.17, 15) is 5.11 Å². The monoisotopic (exact) mass is 268 g/mol. The second kappa shape index (κ2) is 5.70. The predicted octanol–water partition coefficient (Wildman–Crippen LogP) is 2.37. The second-order valence-electron chi connectivity index (χ2n) is 5.71. The maximum atomic E-state index is 10.2. The van der Waals surface area contributed by atoms with E-state index in [0.29, 0.717) is 6.04 Å². The third kappa shape index (κ3) is 3.32. The van der Waals surface area contributed by atoms with Crippen molar-refractivity contribution >= 4 is 11.3 Å². The Balaban J connectivity index is 2.12. The fraction of sp³-hybridized carbons (Fsp3) is 0.714. The van der Waals surface area contributed by atoms with Crippen LogP contribution in [0.5, 0.6) is 0 Å². The minimum absolute atomic E-state index is 0.117. The van der Waals surface area contributed by atoms with Crippen molar-refractivity contribution in [2.45, 2.75) is 50.8 Å². The van der Waals surface area contributed by atoms with Crippen LogP contribution in [0.3, 0.4) is 0 Å². The Bertz CT molecular complexity index is 362. The summed E-state index contributed by atoms with van der Waals surface area (Å²) < 4.78 is 0. The summed E-state index contributed by atoms with van der Waals surface area (Å²) in [4.78, 5) is 3.78. The molecular formula is C14H24N2OS. The van der Waals surface area contributed by atoms with Gasteiger partial charge in [-0.05, 0) is 51.1 Å². The quantitative estimate of drug-likeness (QED) is 0.885. The zero-order valence-corrected chi connectivity index (χ0v) is 12.1. The summed E-state index contributed by atoms with van der Waals surface area (Å²) in [5.41, 5.74) is 5.67. The minimum atomic E-state index is -0.507. The summed E-state index contributed by atoms with van der Waals surface area (Å²) in [6, 6.07) is 4.66. The van der Waals surface area contributed by atoms with Crippen molar-refractivity contribution in [2.24, 2.45) is 5.73 Å². The van der Waals surface area contributed by atoms with Gasteiger partial charge in [-0.15, -0.1) is 11.3 Å². The molecule has 3 atom stereocenters. The van der Waals surface area contributed by atoms with E-state index in [-0.39, 0.29) is 6.04 Å². The fourth-order valence-corrected chi connectivity index (χ4v) is 3.77. The Labute approximate surface area is 114 Å². The molecule has 1 aromatic heterocycles. The standard InChI is InChI=1S/C14H24N2OS/c1-11(15)13(12-5-3-10-18-12)16-8-4-6-14(2,17)7-9-16/h3,5,10-11,13,17H,4,6-9,15H2,1-2H3. The molecule has 1 fully saturated rings. The van der Waals surface area contributed by atoms with E-state index >= 15 is 0 Å². The maximum absolute atomic E-state index is 10.2. The van der Waals surface area contributed by atoms with Crippen LogP contribution < -0.4 is 5.73 Å². The Morgan fingerprint density at radius 3 is 2.83 bits per heavy atom. The number of nitrogens with zero attached hydrogens (tertiary/aromatic N) is 1. The molecule has 3 nitrogen and oxygen atoms in total. The van der Waals surface area contributed by atoms with E-state index in [4.69, 9.17) is 5.73 Å². The third-order valence-corrected chi connectivity index (χ3v) is 4.77. The van der Waals surface area contributed by atoms with Gasteiger partial charge >= 0.3 is 0 Å². The highest BCUT2D eigenvalue weighted by molar-refractivity contribution is 7.10. The van der Waals surface area contributed by atoms with Crippen LogP contribution in [0, 0.1) is 0 Å². The highest BCUT2D eigenvalue weighted by Gasteiger charge is 2.30. The number of hydrogen-bond donors (Lipinski definition) is 2. The summed E-state index contributed by atoms with van der Waals surface area (Å²) in [7, 11) is 0. The molecule has 102 valence electrons. The molecule has 1 aliphatic rings. The SMILES string of the molecule is CC(N)C(c1cccs1)N1CCCC(C)(O)CC1. The maximum Gasteiger partial charge on any atom is 0.0632 e. The summed E-state index contributed by atoms with van der Waals surface area (Å²) in [6.07, 6.45) is 2.77. The zero-order valence-electron chi connectivity index (χ0n) is 11.3. The molecule has 2 heterocycles. The molecule has 4 heteroatoms. The normalized spacial score (nSPS) is 29.8. The molecule has 1 aliphatic heterocycles. The van der Waals surface area contributed by atoms with Crippen LogP contribution in [0.25, 0.3) is 0 Å². The van der Waals surface area contributed by atoms with E-state index in [1.54, 1.807) is 11.3 Å². The Hall–Kier alpha value is -0.420. The van der Waals surface area contributed by atoms with E-state index in [1.165, 1.54) is 4.88 Å². The second-order valence-corrected chi connectivity index (χ2v) is 6.69. The van der Waals surface area contributed by atoms with Crippen molar-refractivity contribution in [3.05, 3.63) is 22.4 Å². The smallest absolute Gasteiger partial charge is 0.0632 e. The van der Waals surface area contributed by atoms with Gasteiger partial charge in [0.15, 0.2) is 0 Å². The molecular weight excluding hydrogens is 244 g/mol. The molecule has 0 spiro atoms. The van der Waals surface area contributed by atoms with Crippen molar-refractivity contribution in [2.75, 3.05) is 13.1 Å². The molecule has 0 aliphatic carbocycles. The van der Waals surface area contributed by atoms with Crippen molar-refractivity contribution in [3.63, 3.8) is 0 Å². The van der Waals surface area contributed by atoms with E-state index in [0.717, 1.165) is 32.4 Å². The molecule has 1 aromatic rings. The molecule has 2 rings (SSSR count). The lowest BCUT2D eigenvalue weighted by molar-refractivity contribution is 0.0425. The summed E-state index contributed by atoms with van der Waals surface area (Å²) >= 11 is 1.78. The van der Waals surface area contributed by atoms with Crippen LogP contribution in [-0.2, 0) is 0 Å². The van der Waals surface area contributed by atoms with Gasteiger partial charge in [-0.25, -0.2) is 0 Å². The van der Waals surface area contributed by atoms with Gasteiger partial charge in [-0.3, -0.25) is 4.90 Å². The summed E-state index contributed by atoms with van der Waals surface area (Å²) in [5, 5.41) is 12.3. The number of nitrogens with two attached hydrogens (primary N) is 1. The van der Waals surface area contributed by atoms with E-state index in [2.05, 4.69) is 29.3 Å². The molecule has 0 amide bonds. The van der Waals surface area contributed by atoms with Crippen LogP contribution >= 0.6 is 11.3 Å². The van der Waals surface area contributed by atoms with Crippen molar-refractivity contribution < 1.29 is 5.11 Å². The number of rotatable bonds is 3. The Kier molecular flexibility index (Phi) is 4.43. The lowest BCUT2D eigenvalue weighted by Crippen LogP contribution is -2.40. The van der Waals surface area contributed by atoms with Crippen LogP contribution in [0.2, 0.25) is 0 Å². The van der Waals surface area contributed by atoms with Crippen LogP contribution in [0.1, 0.15) is 44.0 Å².